The van der Waals surface area contributed by atoms with Gasteiger partial charge in [-0.25, -0.2) is 8.42 Å². The van der Waals surface area contributed by atoms with Gasteiger partial charge in [0.15, 0.2) is 9.84 Å². The molecule has 4 atom stereocenters. The predicted octanol–water partition coefficient (Wildman–Crippen LogP) is 1.03. The van der Waals surface area contributed by atoms with Gasteiger partial charge in [0.25, 0.3) is 0 Å². The van der Waals surface area contributed by atoms with E-state index in [2.05, 4.69) is 0 Å². The van der Waals surface area contributed by atoms with Crippen molar-refractivity contribution in [2.45, 2.75) is 13.8 Å². The van der Waals surface area contributed by atoms with Crippen molar-refractivity contribution in [1.82, 2.24) is 0 Å². The highest BCUT2D eigenvalue weighted by molar-refractivity contribution is 7.91. The fourth-order valence-electron chi connectivity index (χ4n) is 2.93. The van der Waals surface area contributed by atoms with Crippen LogP contribution in [0.15, 0.2) is 12.2 Å². The summed E-state index contributed by atoms with van der Waals surface area (Å²) in [6.07, 6.45) is 3.90. The second-order valence-corrected chi connectivity index (χ2v) is 7.08. The zero-order valence-electron chi connectivity index (χ0n) is 10.1. The van der Waals surface area contributed by atoms with E-state index in [0.717, 1.165) is 0 Å². The molecule has 4 nitrogen and oxygen atoms in total. The molecule has 1 aliphatic heterocycles. The molecule has 0 amide bonds. The number of hydrogen-bond donors (Lipinski definition) is 0. The summed E-state index contributed by atoms with van der Waals surface area (Å²) in [5.74, 6) is -0.306. The Balaban J connectivity index is 2.25. The van der Waals surface area contributed by atoms with Gasteiger partial charge < -0.3 is 4.74 Å². The maximum atomic E-state index is 11.9. The van der Waals surface area contributed by atoms with Gasteiger partial charge in [-0.15, -0.1) is 0 Å². The van der Waals surface area contributed by atoms with Crippen LogP contribution in [0, 0.1) is 23.7 Å². The monoisotopic (exact) mass is 258 g/mol. The van der Waals surface area contributed by atoms with Crippen LogP contribution in [0.4, 0.5) is 0 Å². The summed E-state index contributed by atoms with van der Waals surface area (Å²) in [5.41, 5.74) is 0. The van der Waals surface area contributed by atoms with E-state index in [1.54, 1.807) is 6.92 Å². The molecule has 0 saturated carbocycles. The summed E-state index contributed by atoms with van der Waals surface area (Å²) in [6.45, 7) is 4.05. The highest BCUT2D eigenvalue weighted by atomic mass is 32.2. The highest BCUT2D eigenvalue weighted by Gasteiger charge is 2.47. The van der Waals surface area contributed by atoms with Crippen molar-refractivity contribution >= 4 is 15.8 Å². The third kappa shape index (κ3) is 2.39. The molecule has 96 valence electrons. The second kappa shape index (κ2) is 4.44. The molecule has 0 aromatic heterocycles. The van der Waals surface area contributed by atoms with E-state index in [1.807, 2.05) is 19.1 Å². The molecule has 1 fully saturated rings. The Morgan fingerprint density at radius 3 is 2.71 bits per heavy atom. The number of rotatable bonds is 2. The van der Waals surface area contributed by atoms with E-state index in [-0.39, 0.29) is 41.1 Å². The largest absolute Gasteiger partial charge is 0.466 e. The summed E-state index contributed by atoms with van der Waals surface area (Å²) in [4.78, 5) is 11.9. The summed E-state index contributed by atoms with van der Waals surface area (Å²) in [5, 5.41) is 0. The smallest absolute Gasteiger partial charge is 0.309 e. The van der Waals surface area contributed by atoms with E-state index in [0.29, 0.717) is 6.61 Å². The van der Waals surface area contributed by atoms with Gasteiger partial charge in [-0.05, 0) is 24.7 Å². The molecule has 2 aliphatic rings. The molecule has 0 radical (unpaired) electrons. The first-order valence-corrected chi connectivity index (χ1v) is 7.82. The van der Waals surface area contributed by atoms with Crippen LogP contribution in [-0.4, -0.2) is 32.5 Å². The van der Waals surface area contributed by atoms with Crippen molar-refractivity contribution in [2.24, 2.45) is 23.7 Å². The van der Waals surface area contributed by atoms with E-state index in [1.165, 1.54) is 0 Å². The normalized spacial score (nSPS) is 38.7. The number of ether oxygens (including phenoxy) is 1. The van der Waals surface area contributed by atoms with Crippen LogP contribution >= 0.6 is 0 Å². The summed E-state index contributed by atoms with van der Waals surface area (Å²) in [6, 6.07) is 0. The Labute approximate surface area is 102 Å². The first-order valence-electron chi connectivity index (χ1n) is 6.00. The van der Waals surface area contributed by atoms with Gasteiger partial charge in [0.05, 0.1) is 24.0 Å². The summed E-state index contributed by atoms with van der Waals surface area (Å²) in [7, 11) is -2.99. The Morgan fingerprint density at radius 2 is 2.06 bits per heavy atom. The fourth-order valence-corrected chi connectivity index (χ4v) is 5.05. The minimum atomic E-state index is -2.99. The molecule has 0 N–H and O–H groups in total. The molecule has 1 saturated heterocycles. The Bertz CT molecular complexity index is 437. The minimum absolute atomic E-state index is 0.00870. The molecular weight excluding hydrogens is 240 g/mol. The number of allylic oxidation sites excluding steroid dienone is 2. The molecule has 0 aromatic rings. The first kappa shape index (κ1) is 12.6. The fraction of sp³-hybridized carbons (Fsp3) is 0.750. The predicted molar refractivity (Wildman–Crippen MR) is 64.1 cm³/mol. The van der Waals surface area contributed by atoms with Crippen molar-refractivity contribution in [2.75, 3.05) is 18.1 Å². The maximum Gasteiger partial charge on any atom is 0.309 e. The van der Waals surface area contributed by atoms with Gasteiger partial charge in [0.1, 0.15) is 0 Å². The molecule has 17 heavy (non-hydrogen) atoms. The van der Waals surface area contributed by atoms with Crippen molar-refractivity contribution in [3.63, 3.8) is 0 Å². The zero-order valence-corrected chi connectivity index (χ0v) is 10.9. The number of esters is 1. The SMILES string of the molecule is CCOC(=O)[C@H]1[C@@H]2CS(=O)(=O)C[C@H]2C=C[C@H]1C. The number of sulfone groups is 1. The lowest BCUT2D eigenvalue weighted by Crippen LogP contribution is -2.36. The molecule has 1 heterocycles. The van der Waals surface area contributed by atoms with E-state index in [4.69, 9.17) is 4.74 Å². The van der Waals surface area contributed by atoms with Crippen LogP contribution in [0.1, 0.15) is 13.8 Å². The van der Waals surface area contributed by atoms with Gasteiger partial charge in [-0.2, -0.15) is 0 Å². The highest BCUT2D eigenvalue weighted by Crippen LogP contribution is 2.40. The maximum absolute atomic E-state index is 11.9. The van der Waals surface area contributed by atoms with Gasteiger partial charge >= 0.3 is 5.97 Å². The van der Waals surface area contributed by atoms with Gasteiger partial charge in [0, 0.05) is 0 Å². The third-order valence-electron chi connectivity index (χ3n) is 3.69. The average molecular weight is 258 g/mol. The Kier molecular flexibility index (Phi) is 3.30. The van der Waals surface area contributed by atoms with Crippen molar-refractivity contribution in [3.05, 3.63) is 12.2 Å². The van der Waals surface area contributed by atoms with Crippen LogP contribution in [-0.2, 0) is 19.4 Å². The van der Waals surface area contributed by atoms with E-state index < -0.39 is 9.84 Å². The van der Waals surface area contributed by atoms with E-state index >= 15 is 0 Å². The van der Waals surface area contributed by atoms with Crippen LogP contribution < -0.4 is 0 Å². The molecule has 0 unspecified atom stereocenters. The zero-order chi connectivity index (χ0) is 12.6. The number of hydrogen-bond acceptors (Lipinski definition) is 4. The number of carbonyl (C=O) groups excluding carboxylic acids is 1. The van der Waals surface area contributed by atoms with Crippen LogP contribution in [0.25, 0.3) is 0 Å². The second-order valence-electron chi connectivity index (χ2n) is 4.93. The molecule has 5 heteroatoms. The van der Waals surface area contributed by atoms with Crippen LogP contribution in [0.5, 0.6) is 0 Å². The lowest BCUT2D eigenvalue weighted by molar-refractivity contribution is -0.151. The molecule has 1 aliphatic carbocycles. The number of fused-ring (bicyclic) bond motifs is 1. The quantitative estimate of drug-likeness (QED) is 0.548. The minimum Gasteiger partial charge on any atom is -0.466 e. The topological polar surface area (TPSA) is 60.4 Å². The summed E-state index contributed by atoms with van der Waals surface area (Å²) < 4.78 is 28.3. The average Bonchev–Trinajstić information content (AvgIpc) is 2.52. The number of carbonyl (C=O) groups is 1. The Hall–Kier alpha value is -0.840. The van der Waals surface area contributed by atoms with Crippen LogP contribution in [0.3, 0.4) is 0 Å². The van der Waals surface area contributed by atoms with Gasteiger partial charge in [-0.3, -0.25) is 4.79 Å². The lowest BCUT2D eigenvalue weighted by Gasteiger charge is -2.31. The molecule has 0 spiro atoms. The lowest BCUT2D eigenvalue weighted by atomic mass is 9.73. The first-order chi connectivity index (χ1) is 7.94. The standard InChI is InChI=1S/C12H18O4S/c1-3-16-12(13)11-8(2)4-5-9-6-17(14,15)7-10(9)11/h4-5,8-11H,3,6-7H2,1-2H3/t8-,9-,10-,11-/m1/s1. The molecule has 2 rings (SSSR count). The van der Waals surface area contributed by atoms with Crippen molar-refractivity contribution < 1.29 is 17.9 Å². The van der Waals surface area contributed by atoms with Gasteiger partial charge in [0.2, 0.25) is 0 Å². The van der Waals surface area contributed by atoms with Crippen molar-refractivity contribution in [1.29, 1.82) is 0 Å². The molecule has 0 aromatic carbocycles. The van der Waals surface area contributed by atoms with E-state index in [9.17, 15) is 13.2 Å². The molecule has 0 bridgehead atoms. The van der Waals surface area contributed by atoms with Gasteiger partial charge in [-0.1, -0.05) is 19.1 Å². The summed E-state index contributed by atoms with van der Waals surface area (Å²) >= 11 is 0. The third-order valence-corrected chi connectivity index (χ3v) is 5.48. The van der Waals surface area contributed by atoms with Crippen LogP contribution in [0.2, 0.25) is 0 Å². The van der Waals surface area contributed by atoms with Crippen molar-refractivity contribution in [3.8, 4) is 0 Å². The Morgan fingerprint density at radius 1 is 1.35 bits per heavy atom. The molecular formula is C12H18O4S.